The van der Waals surface area contributed by atoms with Gasteiger partial charge >= 0.3 is 0 Å². The second kappa shape index (κ2) is 5.53. The van der Waals surface area contributed by atoms with Crippen LogP contribution in [0.25, 0.3) is 16.7 Å². The highest BCUT2D eigenvalue weighted by atomic mass is 35.5. The molecule has 1 heterocycles. The molecule has 3 rings (SSSR count). The fourth-order valence-corrected chi connectivity index (χ4v) is 3.00. The van der Waals surface area contributed by atoms with Crippen LogP contribution in [-0.2, 0) is 6.42 Å². The topological polar surface area (TPSA) is 17.8 Å². The van der Waals surface area contributed by atoms with Crippen molar-refractivity contribution in [1.82, 2.24) is 9.55 Å². The quantitative estimate of drug-likeness (QED) is 0.608. The molecule has 21 heavy (non-hydrogen) atoms. The van der Waals surface area contributed by atoms with Crippen molar-refractivity contribution >= 4 is 22.6 Å². The predicted octanol–water partition coefficient (Wildman–Crippen LogP) is 5.20. The maximum Gasteiger partial charge on any atom is 0.132 e. The summed E-state index contributed by atoms with van der Waals surface area (Å²) in [6.07, 6.45) is 0.984. The summed E-state index contributed by atoms with van der Waals surface area (Å²) in [5, 5.41) is -0.137. The Labute approximate surface area is 130 Å². The van der Waals surface area contributed by atoms with Crippen molar-refractivity contribution in [1.29, 1.82) is 0 Å². The first kappa shape index (κ1) is 14.2. The van der Waals surface area contributed by atoms with Gasteiger partial charge in [-0.05, 0) is 43.5 Å². The molecule has 1 atom stereocenters. The molecule has 3 aromatic rings. The van der Waals surface area contributed by atoms with E-state index in [0.29, 0.717) is 0 Å². The third kappa shape index (κ3) is 2.34. The Balaban J connectivity index is 2.42. The Morgan fingerprint density at radius 1 is 1.14 bits per heavy atom. The zero-order chi connectivity index (χ0) is 15.0. The molecule has 0 N–H and O–H groups in total. The lowest BCUT2D eigenvalue weighted by atomic mass is 10.1. The fourth-order valence-electron chi connectivity index (χ4n) is 2.85. The van der Waals surface area contributed by atoms with Crippen LogP contribution in [0.4, 0.5) is 0 Å². The van der Waals surface area contributed by atoms with Crippen molar-refractivity contribution in [3.8, 4) is 5.69 Å². The second-order valence-electron chi connectivity index (χ2n) is 5.35. The third-order valence-corrected chi connectivity index (χ3v) is 4.07. The molecule has 1 unspecified atom stereocenters. The van der Waals surface area contributed by atoms with Crippen molar-refractivity contribution in [3.63, 3.8) is 0 Å². The van der Waals surface area contributed by atoms with E-state index in [1.165, 1.54) is 16.8 Å². The number of imidazole rings is 1. The van der Waals surface area contributed by atoms with Crippen LogP contribution >= 0.6 is 11.6 Å². The lowest BCUT2D eigenvalue weighted by molar-refractivity contribution is 0.871. The standard InChI is InChI=1S/C18H19ClN2/c1-4-14-9-5-6-11-16(14)21-17-12(2)8-7-10-15(17)20-18(21)13(3)19/h5-11,13H,4H2,1-3H3. The Morgan fingerprint density at radius 2 is 1.90 bits per heavy atom. The first-order valence-corrected chi connectivity index (χ1v) is 7.77. The average Bonchev–Trinajstić information content (AvgIpc) is 2.88. The predicted molar refractivity (Wildman–Crippen MR) is 89.5 cm³/mol. The van der Waals surface area contributed by atoms with Crippen LogP contribution in [0, 0.1) is 6.92 Å². The normalized spacial score (nSPS) is 12.8. The number of aryl methyl sites for hydroxylation is 2. The first-order valence-electron chi connectivity index (χ1n) is 7.33. The molecule has 3 heteroatoms. The average molecular weight is 299 g/mol. The van der Waals surface area contributed by atoms with Gasteiger partial charge in [-0.2, -0.15) is 0 Å². The Hall–Kier alpha value is -1.80. The van der Waals surface area contributed by atoms with E-state index in [-0.39, 0.29) is 5.38 Å². The van der Waals surface area contributed by atoms with Gasteiger partial charge in [0.05, 0.1) is 22.1 Å². The van der Waals surface area contributed by atoms with Crippen molar-refractivity contribution < 1.29 is 0 Å². The minimum Gasteiger partial charge on any atom is -0.295 e. The first-order chi connectivity index (χ1) is 10.1. The summed E-state index contributed by atoms with van der Waals surface area (Å²) >= 11 is 6.39. The second-order valence-corrected chi connectivity index (χ2v) is 6.00. The van der Waals surface area contributed by atoms with Crippen LogP contribution < -0.4 is 0 Å². The van der Waals surface area contributed by atoms with Gasteiger partial charge in [-0.1, -0.05) is 37.3 Å². The molecule has 0 saturated carbocycles. The molecule has 0 saturated heterocycles. The van der Waals surface area contributed by atoms with Gasteiger partial charge < -0.3 is 0 Å². The molecule has 0 amide bonds. The van der Waals surface area contributed by atoms with Crippen molar-refractivity contribution in [2.24, 2.45) is 0 Å². The summed E-state index contributed by atoms with van der Waals surface area (Å²) < 4.78 is 2.22. The number of rotatable bonds is 3. The van der Waals surface area contributed by atoms with Gasteiger partial charge in [0.25, 0.3) is 0 Å². The van der Waals surface area contributed by atoms with Gasteiger partial charge in [0.2, 0.25) is 0 Å². The number of halogens is 1. The molecule has 2 aromatic carbocycles. The molecular weight excluding hydrogens is 280 g/mol. The number of nitrogens with zero attached hydrogens (tertiary/aromatic N) is 2. The number of fused-ring (bicyclic) bond motifs is 1. The zero-order valence-corrected chi connectivity index (χ0v) is 13.4. The third-order valence-electron chi connectivity index (χ3n) is 3.87. The molecule has 0 bridgehead atoms. The molecule has 0 spiro atoms. The smallest absolute Gasteiger partial charge is 0.132 e. The van der Waals surface area contributed by atoms with Crippen LogP contribution in [0.3, 0.4) is 0 Å². The summed E-state index contributed by atoms with van der Waals surface area (Å²) in [7, 11) is 0. The molecule has 2 nitrogen and oxygen atoms in total. The number of aromatic nitrogens is 2. The van der Waals surface area contributed by atoms with E-state index in [4.69, 9.17) is 16.6 Å². The highest BCUT2D eigenvalue weighted by molar-refractivity contribution is 6.20. The highest BCUT2D eigenvalue weighted by Crippen LogP contribution is 2.31. The van der Waals surface area contributed by atoms with E-state index in [2.05, 4.69) is 54.8 Å². The lowest BCUT2D eigenvalue weighted by Crippen LogP contribution is -2.05. The van der Waals surface area contributed by atoms with Crippen LogP contribution in [0.15, 0.2) is 42.5 Å². The minimum absolute atomic E-state index is 0.137. The zero-order valence-electron chi connectivity index (χ0n) is 12.6. The van der Waals surface area contributed by atoms with Crippen molar-refractivity contribution in [3.05, 3.63) is 59.4 Å². The fraction of sp³-hybridized carbons (Fsp3) is 0.278. The number of hydrogen-bond donors (Lipinski definition) is 0. The summed E-state index contributed by atoms with van der Waals surface area (Å²) in [6.45, 7) is 6.27. The van der Waals surface area contributed by atoms with Gasteiger partial charge in [0, 0.05) is 0 Å². The molecule has 1 aromatic heterocycles. The number of benzene rings is 2. The summed E-state index contributed by atoms with van der Waals surface area (Å²) in [5.41, 5.74) is 5.86. The molecule has 0 aliphatic carbocycles. The Morgan fingerprint density at radius 3 is 2.62 bits per heavy atom. The highest BCUT2D eigenvalue weighted by Gasteiger charge is 2.18. The van der Waals surface area contributed by atoms with E-state index in [9.17, 15) is 0 Å². The van der Waals surface area contributed by atoms with E-state index in [1.54, 1.807) is 0 Å². The molecular formula is C18H19ClN2. The largest absolute Gasteiger partial charge is 0.295 e. The molecule has 108 valence electrons. The van der Waals surface area contributed by atoms with E-state index < -0.39 is 0 Å². The van der Waals surface area contributed by atoms with Gasteiger partial charge in [-0.3, -0.25) is 4.57 Å². The Kier molecular flexibility index (Phi) is 3.73. The van der Waals surface area contributed by atoms with Crippen LogP contribution in [-0.4, -0.2) is 9.55 Å². The van der Waals surface area contributed by atoms with E-state index >= 15 is 0 Å². The van der Waals surface area contributed by atoms with Gasteiger partial charge in [-0.25, -0.2) is 4.98 Å². The van der Waals surface area contributed by atoms with E-state index in [0.717, 1.165) is 23.3 Å². The monoisotopic (exact) mass is 298 g/mol. The van der Waals surface area contributed by atoms with Crippen molar-refractivity contribution in [2.45, 2.75) is 32.6 Å². The summed E-state index contributed by atoms with van der Waals surface area (Å²) in [4.78, 5) is 4.76. The summed E-state index contributed by atoms with van der Waals surface area (Å²) in [5.74, 6) is 0.905. The maximum absolute atomic E-state index is 6.39. The minimum atomic E-state index is -0.137. The molecule has 0 radical (unpaired) electrons. The van der Waals surface area contributed by atoms with Gasteiger partial charge in [0.15, 0.2) is 0 Å². The Bertz CT molecular complexity index is 787. The van der Waals surface area contributed by atoms with Crippen molar-refractivity contribution in [2.75, 3.05) is 0 Å². The van der Waals surface area contributed by atoms with Gasteiger partial charge in [0.1, 0.15) is 5.82 Å². The SMILES string of the molecule is CCc1ccccc1-n1c(C(C)Cl)nc2cccc(C)c21. The van der Waals surface area contributed by atoms with Crippen LogP contribution in [0.2, 0.25) is 0 Å². The molecule has 0 aliphatic heterocycles. The molecule has 0 fully saturated rings. The van der Waals surface area contributed by atoms with Gasteiger partial charge in [-0.15, -0.1) is 11.6 Å². The number of para-hydroxylation sites is 2. The van der Waals surface area contributed by atoms with Crippen LogP contribution in [0.1, 0.15) is 36.2 Å². The van der Waals surface area contributed by atoms with Crippen LogP contribution in [0.5, 0.6) is 0 Å². The lowest BCUT2D eigenvalue weighted by Gasteiger charge is -2.15. The maximum atomic E-state index is 6.39. The number of hydrogen-bond acceptors (Lipinski definition) is 1. The molecule has 0 aliphatic rings. The number of alkyl halides is 1. The van der Waals surface area contributed by atoms with E-state index in [1.807, 2.05) is 13.0 Å². The summed E-state index contributed by atoms with van der Waals surface area (Å²) in [6, 6.07) is 14.7.